The molecule has 1 heterocycles. The van der Waals surface area contributed by atoms with E-state index < -0.39 is 0 Å². The number of phenols is 1. The lowest BCUT2D eigenvalue weighted by atomic mass is 9.98. The van der Waals surface area contributed by atoms with Crippen molar-refractivity contribution in [2.75, 3.05) is 27.7 Å². The number of fused-ring (bicyclic) bond motifs is 1. The van der Waals surface area contributed by atoms with Crippen LogP contribution in [0.2, 0.25) is 0 Å². The largest absolute Gasteiger partial charge is 0.504 e. The number of ether oxygens (including phenoxy) is 1. The average Bonchev–Trinajstić information content (AvgIpc) is 2.15. The molecule has 3 heteroatoms. The summed E-state index contributed by atoms with van der Waals surface area (Å²) in [7, 11) is 6.01. The standard InChI is InChI=1S/C12H17NO2/c1-13(2)5-4-9-7-12(15-3)11(14)6-10(9)8-13/h6-7H,4-5,8H2,1-3H3/p+1. The van der Waals surface area contributed by atoms with Gasteiger partial charge in [0.2, 0.25) is 0 Å². The van der Waals surface area contributed by atoms with Crippen molar-refractivity contribution in [3.05, 3.63) is 23.3 Å². The predicted octanol–water partition coefficient (Wildman–Crippen LogP) is 1.53. The molecule has 1 aliphatic heterocycles. The second kappa shape index (κ2) is 3.42. The number of methoxy groups -OCH3 is 1. The van der Waals surface area contributed by atoms with Crippen LogP contribution in [0.25, 0.3) is 0 Å². The highest BCUT2D eigenvalue weighted by atomic mass is 16.5. The Morgan fingerprint density at radius 3 is 2.67 bits per heavy atom. The van der Waals surface area contributed by atoms with Crippen LogP contribution in [-0.2, 0) is 13.0 Å². The summed E-state index contributed by atoms with van der Waals surface area (Å²) in [5.41, 5.74) is 2.55. The number of likely N-dealkylation sites (N-methyl/N-ethyl adjacent to an activating group) is 1. The van der Waals surface area contributed by atoms with Gasteiger partial charge in [-0.1, -0.05) is 0 Å². The molecule has 82 valence electrons. The molecule has 0 atom stereocenters. The van der Waals surface area contributed by atoms with Gasteiger partial charge in [-0.15, -0.1) is 0 Å². The first-order valence-electron chi connectivity index (χ1n) is 5.22. The fourth-order valence-corrected chi connectivity index (χ4v) is 2.16. The molecule has 15 heavy (non-hydrogen) atoms. The monoisotopic (exact) mass is 208 g/mol. The number of phenolic OH excluding ortho intramolecular Hbond substituents is 1. The molecule has 1 aliphatic rings. The van der Waals surface area contributed by atoms with Crippen molar-refractivity contribution >= 4 is 0 Å². The second-order valence-electron chi connectivity index (χ2n) is 4.86. The first kappa shape index (κ1) is 10.3. The molecule has 0 unspecified atom stereocenters. The molecule has 0 saturated carbocycles. The van der Waals surface area contributed by atoms with Crippen molar-refractivity contribution in [3.8, 4) is 11.5 Å². The van der Waals surface area contributed by atoms with Gasteiger partial charge >= 0.3 is 0 Å². The van der Waals surface area contributed by atoms with E-state index in [0.29, 0.717) is 5.75 Å². The van der Waals surface area contributed by atoms with Crippen LogP contribution in [-0.4, -0.2) is 37.3 Å². The highest BCUT2D eigenvalue weighted by Gasteiger charge is 2.25. The molecule has 3 nitrogen and oxygen atoms in total. The zero-order valence-corrected chi connectivity index (χ0v) is 9.58. The van der Waals surface area contributed by atoms with Crippen molar-refractivity contribution in [1.29, 1.82) is 0 Å². The fraction of sp³-hybridized carbons (Fsp3) is 0.500. The van der Waals surface area contributed by atoms with E-state index in [1.807, 2.05) is 12.1 Å². The fourth-order valence-electron chi connectivity index (χ4n) is 2.16. The van der Waals surface area contributed by atoms with Crippen LogP contribution in [0.1, 0.15) is 11.1 Å². The summed E-state index contributed by atoms with van der Waals surface area (Å²) in [6, 6.07) is 3.80. The van der Waals surface area contributed by atoms with Gasteiger partial charge in [0.25, 0.3) is 0 Å². The van der Waals surface area contributed by atoms with E-state index in [1.54, 1.807) is 7.11 Å². The Morgan fingerprint density at radius 1 is 1.27 bits per heavy atom. The molecule has 0 spiro atoms. The Bertz CT molecular complexity index is 385. The van der Waals surface area contributed by atoms with Crippen LogP contribution in [0.4, 0.5) is 0 Å². The Hall–Kier alpha value is -1.22. The van der Waals surface area contributed by atoms with E-state index in [0.717, 1.165) is 24.0 Å². The minimum Gasteiger partial charge on any atom is -0.504 e. The number of hydrogen-bond acceptors (Lipinski definition) is 2. The third-order valence-corrected chi connectivity index (χ3v) is 3.09. The van der Waals surface area contributed by atoms with Gasteiger partial charge in [0, 0.05) is 12.0 Å². The van der Waals surface area contributed by atoms with Crippen molar-refractivity contribution in [2.45, 2.75) is 13.0 Å². The third kappa shape index (κ3) is 1.92. The van der Waals surface area contributed by atoms with Crippen LogP contribution in [0, 0.1) is 0 Å². The van der Waals surface area contributed by atoms with Crippen LogP contribution < -0.4 is 4.74 Å². The highest BCUT2D eigenvalue weighted by Crippen LogP contribution is 2.33. The van der Waals surface area contributed by atoms with Gasteiger partial charge in [0.05, 0.1) is 27.7 Å². The molecule has 0 bridgehead atoms. The first-order chi connectivity index (χ1) is 7.02. The Labute approximate surface area is 90.5 Å². The zero-order valence-electron chi connectivity index (χ0n) is 9.58. The molecule has 0 aromatic heterocycles. The van der Waals surface area contributed by atoms with Crippen molar-refractivity contribution < 1.29 is 14.3 Å². The van der Waals surface area contributed by atoms with E-state index in [2.05, 4.69) is 14.1 Å². The SMILES string of the molecule is COc1cc2c(cc1O)C[N+](C)(C)CC2. The van der Waals surface area contributed by atoms with E-state index in [4.69, 9.17) is 4.74 Å². The lowest BCUT2D eigenvalue weighted by molar-refractivity contribution is -0.905. The van der Waals surface area contributed by atoms with Crippen LogP contribution in [0.5, 0.6) is 11.5 Å². The number of aromatic hydroxyl groups is 1. The maximum absolute atomic E-state index is 9.70. The summed E-state index contributed by atoms with van der Waals surface area (Å²) in [6.45, 7) is 2.12. The minimum atomic E-state index is 0.248. The first-order valence-corrected chi connectivity index (χ1v) is 5.22. The number of nitrogens with zero attached hydrogens (tertiary/aromatic N) is 1. The molecule has 1 N–H and O–H groups in total. The summed E-state index contributed by atoms with van der Waals surface area (Å²) in [4.78, 5) is 0. The number of hydrogen-bond donors (Lipinski definition) is 1. The lowest BCUT2D eigenvalue weighted by Gasteiger charge is -2.35. The van der Waals surface area contributed by atoms with Gasteiger partial charge in [0.15, 0.2) is 11.5 Å². The lowest BCUT2D eigenvalue weighted by Crippen LogP contribution is -2.43. The molecule has 0 saturated heterocycles. The third-order valence-electron chi connectivity index (χ3n) is 3.09. The Morgan fingerprint density at radius 2 is 2.00 bits per heavy atom. The van der Waals surface area contributed by atoms with Crippen LogP contribution in [0.3, 0.4) is 0 Å². The normalized spacial score (nSPS) is 18.3. The summed E-state index contributed by atoms with van der Waals surface area (Å²) < 4.78 is 6.09. The van der Waals surface area contributed by atoms with Gasteiger partial charge in [0.1, 0.15) is 6.54 Å². The van der Waals surface area contributed by atoms with E-state index in [-0.39, 0.29) is 5.75 Å². The van der Waals surface area contributed by atoms with Crippen molar-refractivity contribution in [2.24, 2.45) is 0 Å². The zero-order chi connectivity index (χ0) is 11.1. The molecule has 0 fully saturated rings. The van der Waals surface area contributed by atoms with Gasteiger partial charge in [-0.05, 0) is 17.7 Å². The Kier molecular flexibility index (Phi) is 2.35. The van der Waals surface area contributed by atoms with Gasteiger partial charge in [-0.2, -0.15) is 0 Å². The maximum Gasteiger partial charge on any atom is 0.160 e. The van der Waals surface area contributed by atoms with Crippen LogP contribution >= 0.6 is 0 Å². The van der Waals surface area contributed by atoms with E-state index in [1.165, 1.54) is 11.1 Å². The molecule has 0 radical (unpaired) electrons. The topological polar surface area (TPSA) is 29.5 Å². The maximum atomic E-state index is 9.70. The van der Waals surface area contributed by atoms with E-state index >= 15 is 0 Å². The van der Waals surface area contributed by atoms with Crippen LogP contribution in [0.15, 0.2) is 12.1 Å². The van der Waals surface area contributed by atoms with E-state index in [9.17, 15) is 5.11 Å². The quantitative estimate of drug-likeness (QED) is 0.709. The smallest absolute Gasteiger partial charge is 0.160 e. The number of quaternary nitrogens is 1. The average molecular weight is 208 g/mol. The molecular formula is C12H18NO2+. The highest BCUT2D eigenvalue weighted by molar-refractivity contribution is 5.46. The molecular weight excluding hydrogens is 190 g/mol. The summed E-state index contributed by atoms with van der Waals surface area (Å²) >= 11 is 0. The number of benzene rings is 1. The summed E-state index contributed by atoms with van der Waals surface area (Å²) in [6.07, 6.45) is 1.05. The van der Waals surface area contributed by atoms with Crippen molar-refractivity contribution in [3.63, 3.8) is 0 Å². The second-order valence-corrected chi connectivity index (χ2v) is 4.86. The van der Waals surface area contributed by atoms with Gasteiger partial charge in [-0.3, -0.25) is 0 Å². The predicted molar refractivity (Wildman–Crippen MR) is 59.0 cm³/mol. The molecule has 1 aromatic carbocycles. The minimum absolute atomic E-state index is 0.248. The Balaban J connectivity index is 2.41. The molecule has 2 rings (SSSR count). The summed E-state index contributed by atoms with van der Waals surface area (Å²) in [5.74, 6) is 0.833. The molecule has 1 aromatic rings. The van der Waals surface area contributed by atoms with Crippen molar-refractivity contribution in [1.82, 2.24) is 0 Å². The van der Waals surface area contributed by atoms with Gasteiger partial charge in [-0.25, -0.2) is 0 Å². The number of rotatable bonds is 1. The van der Waals surface area contributed by atoms with Gasteiger partial charge < -0.3 is 14.3 Å². The molecule has 0 amide bonds. The summed E-state index contributed by atoms with van der Waals surface area (Å²) in [5, 5.41) is 9.70. The molecule has 0 aliphatic carbocycles.